The van der Waals surface area contributed by atoms with Gasteiger partial charge < -0.3 is 0 Å². The summed E-state index contributed by atoms with van der Waals surface area (Å²) in [4.78, 5) is 0. The predicted octanol–water partition coefficient (Wildman–Crippen LogP) is -0.0775. The second-order valence-corrected chi connectivity index (χ2v) is 0. The van der Waals surface area contributed by atoms with Crippen molar-refractivity contribution in [2.45, 2.75) is 0 Å². The Hall–Kier alpha value is 21.3. The van der Waals surface area contributed by atoms with Crippen molar-refractivity contribution in [2.75, 3.05) is 0 Å². The van der Waals surface area contributed by atoms with Gasteiger partial charge in [0.1, 0.15) is 0 Å². The Morgan fingerprint density at radius 1 is 0.0323 bits per heavy atom. The van der Waals surface area contributed by atoms with E-state index in [2.05, 4.69) is 0 Å². The van der Waals surface area contributed by atoms with Crippen molar-refractivity contribution < 1.29 is 653 Å². The Labute approximate surface area is 633 Å². The van der Waals surface area contributed by atoms with Gasteiger partial charge in [-0.2, -0.15) is 0 Å². The molecule has 0 N–H and O–H groups in total. The van der Waals surface area contributed by atoms with E-state index < -0.39 is 0 Å². The molecule has 186 valence electrons. The van der Waals surface area contributed by atoms with E-state index in [-0.39, 0.29) is 653 Å². The molecule has 0 aromatic rings. The summed E-state index contributed by atoms with van der Waals surface area (Å²) in [6.07, 6.45) is 0. The number of hydrogen-bond acceptors (Lipinski definition) is 0. The Morgan fingerprint density at radius 2 is 0.0323 bits per heavy atom. The first kappa shape index (κ1) is 303. The molecule has 0 fully saturated rings. The van der Waals surface area contributed by atoms with Gasteiger partial charge >= 0.3 is 0 Å². The smallest absolute Gasteiger partial charge is 0 e. The molecule has 0 aliphatic heterocycles. The maximum atomic E-state index is 0. The summed E-state index contributed by atoms with van der Waals surface area (Å²) in [6.45, 7) is 0. The minimum Gasteiger partial charge on any atom is 0 e. The molecule has 0 aliphatic rings. The standard InChI is InChI=1S/31W. The van der Waals surface area contributed by atoms with Gasteiger partial charge in [0.25, 0.3) is 0 Å². The minimum atomic E-state index is 0. The van der Waals surface area contributed by atoms with Crippen LogP contribution >= 0.6 is 0 Å². The van der Waals surface area contributed by atoms with Crippen LogP contribution in [0.1, 0.15) is 0 Å². The molecular formula is W31. The van der Waals surface area contributed by atoms with Crippen molar-refractivity contribution in [3.8, 4) is 0 Å². The Kier molecular flexibility index (Phi) is 2790. The van der Waals surface area contributed by atoms with Crippen molar-refractivity contribution in [1.29, 1.82) is 0 Å². The molecule has 31 heavy (non-hydrogen) atoms. The quantitative estimate of drug-likeness (QED) is 0.319. The average molecular weight is 5700 g/mol. The normalized spacial score (nSPS) is 0. The summed E-state index contributed by atoms with van der Waals surface area (Å²) in [5.41, 5.74) is 0. The van der Waals surface area contributed by atoms with Gasteiger partial charge in [0.2, 0.25) is 0 Å². The van der Waals surface area contributed by atoms with Gasteiger partial charge in [0.15, 0.2) is 0 Å². The van der Waals surface area contributed by atoms with Gasteiger partial charge in [-0.3, -0.25) is 0 Å². The SMILES string of the molecule is [W].[W].[W].[W].[W].[W].[W].[W].[W].[W].[W].[W].[W].[W].[W].[W].[W].[W].[W].[W].[W].[W].[W].[W].[W].[W].[W].[W].[W].[W].[W]. The van der Waals surface area contributed by atoms with E-state index in [1.807, 2.05) is 0 Å². The second-order valence-electron chi connectivity index (χ2n) is 0. The van der Waals surface area contributed by atoms with Crippen LogP contribution in [-0.2, 0) is 653 Å². The third-order valence-corrected chi connectivity index (χ3v) is 0. The largest absolute Gasteiger partial charge is 0 e. The van der Waals surface area contributed by atoms with Crippen molar-refractivity contribution >= 4 is 0 Å². The summed E-state index contributed by atoms with van der Waals surface area (Å²) in [5.74, 6) is 0. The van der Waals surface area contributed by atoms with Crippen molar-refractivity contribution in [3.63, 3.8) is 0 Å². The maximum Gasteiger partial charge on any atom is 0 e. The number of rotatable bonds is 0. The molecule has 0 unspecified atom stereocenters. The van der Waals surface area contributed by atoms with Crippen LogP contribution in [0.25, 0.3) is 0 Å². The van der Waals surface area contributed by atoms with Crippen LogP contribution < -0.4 is 0 Å². The summed E-state index contributed by atoms with van der Waals surface area (Å²) >= 11 is 0. The molecule has 0 rings (SSSR count). The van der Waals surface area contributed by atoms with Crippen LogP contribution in [0.2, 0.25) is 0 Å². The summed E-state index contributed by atoms with van der Waals surface area (Å²) in [6, 6.07) is 0. The van der Waals surface area contributed by atoms with Crippen molar-refractivity contribution in [3.05, 3.63) is 0 Å². The average Bonchev–Trinajstić information content (AvgIpc) is 0. The van der Waals surface area contributed by atoms with E-state index >= 15 is 0 Å². The van der Waals surface area contributed by atoms with Crippen molar-refractivity contribution in [2.24, 2.45) is 0 Å². The fourth-order valence-corrected chi connectivity index (χ4v) is 0. The molecule has 0 aromatic carbocycles. The van der Waals surface area contributed by atoms with Crippen molar-refractivity contribution in [1.82, 2.24) is 0 Å². The Bertz CT molecular complexity index is 0. The molecular weight excluding hydrogens is 5700 g/mol. The molecule has 0 atom stereocenters. The fraction of sp³-hybridized carbons (Fsp3) is 0. The van der Waals surface area contributed by atoms with E-state index in [9.17, 15) is 0 Å². The molecule has 0 amide bonds. The molecule has 0 aromatic heterocycles. The zero-order chi connectivity index (χ0) is 0. The molecule has 0 nitrogen and oxygen atoms in total. The first-order chi connectivity index (χ1) is 0. The Morgan fingerprint density at radius 3 is 0.0323 bits per heavy atom. The van der Waals surface area contributed by atoms with Crippen LogP contribution in [0, 0.1) is 0 Å². The van der Waals surface area contributed by atoms with Crippen LogP contribution in [0.3, 0.4) is 0 Å². The van der Waals surface area contributed by atoms with Crippen LogP contribution in [0.5, 0.6) is 0 Å². The van der Waals surface area contributed by atoms with Crippen LogP contribution in [-0.4, -0.2) is 0 Å². The number of hydrogen-bond donors (Lipinski definition) is 0. The monoisotopic (exact) mass is 5700 g/mol. The molecule has 0 saturated heterocycles. The van der Waals surface area contributed by atoms with Gasteiger partial charge in [-0.1, -0.05) is 0 Å². The fourth-order valence-electron chi connectivity index (χ4n) is 0. The molecule has 0 bridgehead atoms. The third kappa shape index (κ3) is 274. The summed E-state index contributed by atoms with van der Waals surface area (Å²) < 4.78 is 0. The molecule has 0 spiro atoms. The van der Waals surface area contributed by atoms with E-state index in [0.29, 0.717) is 0 Å². The first-order valence-electron chi connectivity index (χ1n) is 0. The molecule has 0 radical (unpaired) electrons. The van der Waals surface area contributed by atoms with E-state index in [1.165, 1.54) is 0 Å². The topological polar surface area (TPSA) is 0 Å². The minimum absolute atomic E-state index is 0. The molecule has 0 heterocycles. The van der Waals surface area contributed by atoms with Crippen LogP contribution in [0.4, 0.5) is 0 Å². The molecule has 0 saturated carbocycles. The van der Waals surface area contributed by atoms with E-state index in [0.717, 1.165) is 0 Å². The summed E-state index contributed by atoms with van der Waals surface area (Å²) in [5, 5.41) is 0. The van der Waals surface area contributed by atoms with Gasteiger partial charge in [-0.25, -0.2) is 0 Å². The predicted molar refractivity (Wildman–Crippen MR) is 0 cm³/mol. The molecule has 31 heteroatoms. The maximum absolute atomic E-state index is 0. The van der Waals surface area contributed by atoms with Crippen LogP contribution in [0.15, 0.2) is 0 Å². The van der Waals surface area contributed by atoms with Gasteiger partial charge in [-0.05, 0) is 0 Å². The third-order valence-electron chi connectivity index (χ3n) is 0. The van der Waals surface area contributed by atoms with E-state index in [4.69, 9.17) is 0 Å². The zero-order valence-corrected chi connectivity index (χ0v) is 104. The summed E-state index contributed by atoms with van der Waals surface area (Å²) in [7, 11) is 0. The van der Waals surface area contributed by atoms with Gasteiger partial charge in [-0.15, -0.1) is 0 Å². The zero-order valence-electron chi connectivity index (χ0n) is 12.7. The van der Waals surface area contributed by atoms with Gasteiger partial charge in [0, 0.05) is 653 Å². The first-order valence-corrected chi connectivity index (χ1v) is 0. The Balaban J connectivity index is 0. The van der Waals surface area contributed by atoms with Gasteiger partial charge in [0.05, 0.1) is 0 Å². The molecule has 0 aliphatic carbocycles. The van der Waals surface area contributed by atoms with E-state index in [1.54, 1.807) is 0 Å². The second kappa shape index (κ2) is 286.